The first-order valence-corrected chi connectivity index (χ1v) is 6.92. The van der Waals surface area contributed by atoms with Crippen LogP contribution in [0.4, 0.5) is 8.78 Å². The molecule has 0 aliphatic rings. The summed E-state index contributed by atoms with van der Waals surface area (Å²) in [5, 5.41) is 0. The second-order valence-electron chi connectivity index (χ2n) is 5.30. The van der Waals surface area contributed by atoms with Crippen LogP contribution in [0.25, 0.3) is 0 Å². The van der Waals surface area contributed by atoms with Crippen LogP contribution in [0.2, 0.25) is 0 Å². The van der Waals surface area contributed by atoms with Gasteiger partial charge < -0.3 is 14.2 Å². The molecule has 0 aliphatic carbocycles. The van der Waals surface area contributed by atoms with Gasteiger partial charge in [-0.05, 0) is 20.3 Å². The predicted octanol–water partition coefficient (Wildman–Crippen LogP) is 2.70. The second-order valence-corrected chi connectivity index (χ2v) is 5.30. The van der Waals surface area contributed by atoms with Crippen molar-refractivity contribution in [1.82, 2.24) is 0 Å². The highest BCUT2D eigenvalue weighted by molar-refractivity contribution is 5.81. The predicted molar refractivity (Wildman–Crippen MR) is 72.1 cm³/mol. The lowest BCUT2D eigenvalue weighted by atomic mass is 10.1. The molecule has 0 spiro atoms. The maximum Gasteiger partial charge on any atom is 0.293 e. The average Bonchev–Trinajstić information content (AvgIpc) is 2.32. The monoisotopic (exact) mass is 296 g/mol. The molecule has 0 fully saturated rings. The van der Waals surface area contributed by atoms with Gasteiger partial charge in [0.15, 0.2) is 5.78 Å². The molecular formula is C14H26F2O4. The third-order valence-corrected chi connectivity index (χ3v) is 2.40. The molecular weight excluding hydrogens is 270 g/mol. The maximum absolute atomic E-state index is 13.3. The minimum Gasteiger partial charge on any atom is -0.379 e. The van der Waals surface area contributed by atoms with Crippen molar-refractivity contribution in [2.24, 2.45) is 5.92 Å². The van der Waals surface area contributed by atoms with Gasteiger partial charge in [0.25, 0.3) is 5.92 Å². The number of Topliss-reactive ketones (excluding diaryl/α,β-unsaturated/α-hetero) is 1. The fraction of sp³-hybridized carbons (Fsp3) is 0.929. The Bertz CT molecular complexity index is 268. The molecule has 0 heterocycles. The number of carbonyl (C=O) groups excluding carboxylic acids is 1. The smallest absolute Gasteiger partial charge is 0.293 e. The molecule has 0 aromatic carbocycles. The lowest BCUT2D eigenvalue weighted by molar-refractivity contribution is -0.141. The normalized spacial score (nSPS) is 12.4. The Morgan fingerprint density at radius 2 is 1.65 bits per heavy atom. The van der Waals surface area contributed by atoms with E-state index in [-0.39, 0.29) is 31.0 Å². The summed E-state index contributed by atoms with van der Waals surface area (Å²) in [4.78, 5) is 11.2. The van der Waals surface area contributed by atoms with E-state index in [9.17, 15) is 13.6 Å². The quantitative estimate of drug-likeness (QED) is 0.519. The van der Waals surface area contributed by atoms with E-state index in [1.807, 2.05) is 13.8 Å². The number of alkyl halides is 2. The minimum atomic E-state index is -3.07. The Morgan fingerprint density at radius 3 is 2.20 bits per heavy atom. The first-order valence-electron chi connectivity index (χ1n) is 6.92. The van der Waals surface area contributed by atoms with E-state index in [4.69, 9.17) is 14.2 Å². The number of ketones is 1. The van der Waals surface area contributed by atoms with Crippen LogP contribution in [-0.4, -0.2) is 50.8 Å². The fourth-order valence-electron chi connectivity index (χ4n) is 1.21. The van der Waals surface area contributed by atoms with Crippen LogP contribution < -0.4 is 0 Å². The van der Waals surface area contributed by atoms with Crippen molar-refractivity contribution < 1.29 is 27.8 Å². The van der Waals surface area contributed by atoms with E-state index in [1.54, 1.807) is 13.8 Å². The third-order valence-electron chi connectivity index (χ3n) is 2.40. The molecule has 0 saturated heterocycles. The van der Waals surface area contributed by atoms with Crippen LogP contribution in [0, 0.1) is 5.92 Å². The summed E-state index contributed by atoms with van der Waals surface area (Å²) in [7, 11) is 0. The molecule has 0 aliphatic heterocycles. The van der Waals surface area contributed by atoms with Gasteiger partial charge >= 0.3 is 0 Å². The number of carbonyl (C=O) groups is 1. The Balaban J connectivity index is 3.61. The molecule has 20 heavy (non-hydrogen) atoms. The van der Waals surface area contributed by atoms with Crippen molar-refractivity contribution >= 4 is 5.78 Å². The molecule has 0 aromatic rings. The zero-order valence-electron chi connectivity index (χ0n) is 12.8. The molecule has 0 bridgehead atoms. The highest BCUT2D eigenvalue weighted by Crippen LogP contribution is 2.14. The number of hydrogen-bond donors (Lipinski definition) is 0. The van der Waals surface area contributed by atoms with Gasteiger partial charge in [-0.1, -0.05) is 13.8 Å². The maximum atomic E-state index is 13.3. The lowest BCUT2D eigenvalue weighted by Gasteiger charge is -2.17. The lowest BCUT2D eigenvalue weighted by Crippen LogP contribution is -2.31. The van der Waals surface area contributed by atoms with Gasteiger partial charge in [0.1, 0.15) is 19.8 Å². The third kappa shape index (κ3) is 11.3. The standard InChI is InChI=1S/C14H26F2O4/c1-11(2)13(17)8-19-10-14(15,16)9-18-6-5-7-20-12(3)4/h11-12H,5-10H2,1-4H3. The number of halogens is 2. The molecule has 0 unspecified atom stereocenters. The van der Waals surface area contributed by atoms with Crippen LogP contribution in [0.15, 0.2) is 0 Å². The minimum absolute atomic E-state index is 0.128. The molecule has 120 valence electrons. The van der Waals surface area contributed by atoms with E-state index in [0.717, 1.165) is 0 Å². The van der Waals surface area contributed by atoms with E-state index < -0.39 is 19.1 Å². The Kier molecular flexibility index (Phi) is 9.88. The molecule has 6 heteroatoms. The van der Waals surface area contributed by atoms with Crippen molar-refractivity contribution in [2.75, 3.05) is 33.0 Å². The van der Waals surface area contributed by atoms with E-state index >= 15 is 0 Å². The summed E-state index contributed by atoms with van der Waals surface area (Å²) >= 11 is 0. The highest BCUT2D eigenvalue weighted by Gasteiger charge is 2.30. The van der Waals surface area contributed by atoms with E-state index in [2.05, 4.69) is 0 Å². The Morgan fingerprint density at radius 1 is 1.05 bits per heavy atom. The van der Waals surface area contributed by atoms with E-state index in [0.29, 0.717) is 13.0 Å². The van der Waals surface area contributed by atoms with Crippen molar-refractivity contribution in [3.05, 3.63) is 0 Å². The van der Waals surface area contributed by atoms with Gasteiger partial charge in [-0.3, -0.25) is 4.79 Å². The Labute approximate surface area is 119 Å². The van der Waals surface area contributed by atoms with Crippen molar-refractivity contribution in [3.63, 3.8) is 0 Å². The van der Waals surface area contributed by atoms with Crippen molar-refractivity contribution in [1.29, 1.82) is 0 Å². The van der Waals surface area contributed by atoms with Gasteiger partial charge in [-0.25, -0.2) is 8.78 Å². The molecule has 0 saturated carbocycles. The van der Waals surface area contributed by atoms with E-state index in [1.165, 1.54) is 0 Å². The summed E-state index contributed by atoms with van der Waals surface area (Å²) < 4.78 is 41.5. The van der Waals surface area contributed by atoms with Gasteiger partial charge in [0.05, 0.1) is 6.10 Å². The molecule has 0 aromatic heterocycles. The van der Waals surface area contributed by atoms with Crippen molar-refractivity contribution in [2.45, 2.75) is 46.1 Å². The molecule has 0 atom stereocenters. The zero-order chi connectivity index (χ0) is 15.6. The first kappa shape index (κ1) is 19.4. The zero-order valence-corrected chi connectivity index (χ0v) is 12.8. The number of hydrogen-bond acceptors (Lipinski definition) is 4. The van der Waals surface area contributed by atoms with Gasteiger partial charge in [-0.2, -0.15) is 0 Å². The summed E-state index contributed by atoms with van der Waals surface area (Å²) in [6.07, 6.45) is 0.698. The second kappa shape index (κ2) is 10.2. The van der Waals surface area contributed by atoms with Crippen LogP contribution in [0.1, 0.15) is 34.1 Å². The summed E-state index contributed by atoms with van der Waals surface area (Å²) in [6.45, 7) is 6.14. The number of rotatable bonds is 12. The topological polar surface area (TPSA) is 44.8 Å². The average molecular weight is 296 g/mol. The fourth-order valence-corrected chi connectivity index (χ4v) is 1.21. The molecule has 0 amide bonds. The first-order chi connectivity index (χ1) is 9.24. The summed E-state index contributed by atoms with van der Waals surface area (Å²) in [6, 6.07) is 0. The molecule has 0 N–H and O–H groups in total. The number of ether oxygens (including phenoxy) is 3. The van der Waals surface area contributed by atoms with Crippen LogP contribution in [0.3, 0.4) is 0 Å². The van der Waals surface area contributed by atoms with Gasteiger partial charge in [0.2, 0.25) is 0 Å². The Hall–Kier alpha value is -0.590. The summed E-state index contributed by atoms with van der Waals surface area (Å²) in [5.74, 6) is -3.47. The van der Waals surface area contributed by atoms with Crippen LogP contribution >= 0.6 is 0 Å². The summed E-state index contributed by atoms with van der Waals surface area (Å²) in [5.41, 5.74) is 0. The molecule has 4 nitrogen and oxygen atoms in total. The SMILES string of the molecule is CC(C)OCCCOCC(F)(F)COCC(=O)C(C)C. The highest BCUT2D eigenvalue weighted by atomic mass is 19.3. The van der Waals surface area contributed by atoms with Crippen LogP contribution in [-0.2, 0) is 19.0 Å². The van der Waals surface area contributed by atoms with Gasteiger partial charge in [0, 0.05) is 19.1 Å². The van der Waals surface area contributed by atoms with Crippen molar-refractivity contribution in [3.8, 4) is 0 Å². The molecule has 0 radical (unpaired) electrons. The van der Waals surface area contributed by atoms with Crippen LogP contribution in [0.5, 0.6) is 0 Å². The largest absolute Gasteiger partial charge is 0.379 e. The molecule has 0 rings (SSSR count). The van der Waals surface area contributed by atoms with Gasteiger partial charge in [-0.15, -0.1) is 0 Å².